The molecule has 0 bridgehead atoms. The van der Waals surface area contributed by atoms with Crippen molar-refractivity contribution in [3.05, 3.63) is 47.5 Å². The molecule has 0 unspecified atom stereocenters. The van der Waals surface area contributed by atoms with Crippen molar-refractivity contribution in [2.75, 3.05) is 0 Å². The van der Waals surface area contributed by atoms with Gasteiger partial charge in [0.1, 0.15) is 0 Å². The Bertz CT molecular complexity index is 487. The number of allylic oxidation sites excluding steroid dienone is 2. The van der Waals surface area contributed by atoms with Crippen molar-refractivity contribution in [1.82, 2.24) is 5.32 Å². The first kappa shape index (κ1) is 11.5. The topological polar surface area (TPSA) is 49.3 Å². The second kappa shape index (κ2) is 4.58. The Labute approximate surface area is 107 Å². The predicted octanol–water partition coefficient (Wildman–Crippen LogP) is 1.73. The van der Waals surface area contributed by atoms with Crippen LogP contribution in [0.15, 0.2) is 36.4 Å². The van der Waals surface area contributed by atoms with Crippen LogP contribution in [0.2, 0.25) is 0 Å². The summed E-state index contributed by atoms with van der Waals surface area (Å²) in [7, 11) is 0. The lowest BCUT2D eigenvalue weighted by Crippen LogP contribution is -2.37. The first-order valence-electron chi connectivity index (χ1n) is 6.47. The van der Waals surface area contributed by atoms with Gasteiger partial charge in [0.15, 0.2) is 0 Å². The zero-order chi connectivity index (χ0) is 12.5. The molecule has 0 aliphatic heterocycles. The number of carbonyl (C=O) groups excluding carboxylic acids is 1. The average molecular weight is 243 g/mol. The van der Waals surface area contributed by atoms with Crippen LogP contribution in [0.3, 0.4) is 0 Å². The third-order valence-corrected chi connectivity index (χ3v) is 3.88. The second-order valence-corrected chi connectivity index (χ2v) is 5.10. The van der Waals surface area contributed by atoms with E-state index < -0.39 is 6.10 Å². The summed E-state index contributed by atoms with van der Waals surface area (Å²) in [4.78, 5) is 12.1. The van der Waals surface area contributed by atoms with Gasteiger partial charge < -0.3 is 10.4 Å². The van der Waals surface area contributed by atoms with Gasteiger partial charge in [-0.25, -0.2) is 0 Å². The molecule has 1 aromatic rings. The van der Waals surface area contributed by atoms with Crippen LogP contribution in [0.5, 0.6) is 0 Å². The zero-order valence-corrected chi connectivity index (χ0v) is 10.2. The van der Waals surface area contributed by atoms with Crippen LogP contribution in [0.25, 0.3) is 0 Å². The summed E-state index contributed by atoms with van der Waals surface area (Å²) in [5.74, 6) is 0.103. The van der Waals surface area contributed by atoms with Crippen molar-refractivity contribution in [1.29, 1.82) is 0 Å². The minimum absolute atomic E-state index is 0.0463. The predicted molar refractivity (Wildman–Crippen MR) is 68.9 cm³/mol. The lowest BCUT2D eigenvalue weighted by molar-refractivity contribution is -0.126. The van der Waals surface area contributed by atoms with Gasteiger partial charge in [0.05, 0.1) is 12.1 Å². The second-order valence-electron chi connectivity index (χ2n) is 5.10. The molecule has 0 heterocycles. The highest BCUT2D eigenvalue weighted by molar-refractivity contribution is 5.80. The van der Waals surface area contributed by atoms with Crippen molar-refractivity contribution in [3.63, 3.8) is 0 Å². The number of aliphatic hydroxyl groups is 1. The van der Waals surface area contributed by atoms with E-state index in [1.54, 1.807) is 0 Å². The first-order valence-corrected chi connectivity index (χ1v) is 6.47. The lowest BCUT2D eigenvalue weighted by Gasteiger charge is -2.20. The van der Waals surface area contributed by atoms with Crippen molar-refractivity contribution < 1.29 is 9.90 Å². The molecule has 0 fully saturated rings. The molecule has 0 saturated heterocycles. The molecule has 3 rings (SSSR count). The molecule has 1 amide bonds. The summed E-state index contributed by atoms with van der Waals surface area (Å²) in [6.07, 6.45) is 5.85. The molecule has 2 aliphatic carbocycles. The van der Waals surface area contributed by atoms with Crippen LogP contribution >= 0.6 is 0 Å². The Balaban J connectivity index is 1.74. The number of amides is 1. The maximum absolute atomic E-state index is 12.1. The van der Waals surface area contributed by atoms with E-state index in [0.717, 1.165) is 24.0 Å². The highest BCUT2D eigenvalue weighted by atomic mass is 16.3. The Morgan fingerprint density at radius 1 is 1.22 bits per heavy atom. The molecule has 0 radical (unpaired) electrons. The van der Waals surface area contributed by atoms with Crippen molar-refractivity contribution in [2.45, 2.75) is 31.4 Å². The van der Waals surface area contributed by atoms with Gasteiger partial charge in [-0.1, -0.05) is 36.4 Å². The van der Waals surface area contributed by atoms with Crippen molar-refractivity contribution >= 4 is 5.91 Å². The van der Waals surface area contributed by atoms with E-state index in [0.29, 0.717) is 6.42 Å². The molecule has 2 aliphatic rings. The van der Waals surface area contributed by atoms with E-state index in [4.69, 9.17) is 0 Å². The maximum atomic E-state index is 12.1. The summed E-state index contributed by atoms with van der Waals surface area (Å²) in [5.41, 5.74) is 2.20. The van der Waals surface area contributed by atoms with Crippen molar-refractivity contribution in [3.8, 4) is 0 Å². The molecule has 0 spiro atoms. The lowest BCUT2D eigenvalue weighted by atomic mass is 10.0. The first-order chi connectivity index (χ1) is 8.75. The normalized spacial score (nSPS) is 26.3. The molecule has 2 atom stereocenters. The van der Waals surface area contributed by atoms with E-state index in [1.165, 1.54) is 0 Å². The summed E-state index contributed by atoms with van der Waals surface area (Å²) < 4.78 is 0. The number of aliphatic hydroxyl groups excluding tert-OH is 1. The fourth-order valence-electron chi connectivity index (χ4n) is 2.85. The Morgan fingerprint density at radius 2 is 1.94 bits per heavy atom. The van der Waals surface area contributed by atoms with Crippen LogP contribution in [0, 0.1) is 5.92 Å². The van der Waals surface area contributed by atoms with Crippen LogP contribution < -0.4 is 5.32 Å². The van der Waals surface area contributed by atoms with Crippen LogP contribution in [0.1, 0.15) is 30.0 Å². The monoisotopic (exact) mass is 243 g/mol. The Morgan fingerprint density at radius 3 is 2.72 bits per heavy atom. The molecule has 0 saturated carbocycles. The molecule has 1 aromatic carbocycles. The van der Waals surface area contributed by atoms with Gasteiger partial charge in [0, 0.05) is 12.3 Å². The fraction of sp³-hybridized carbons (Fsp3) is 0.400. The largest absolute Gasteiger partial charge is 0.390 e. The van der Waals surface area contributed by atoms with Crippen LogP contribution in [-0.2, 0) is 11.2 Å². The van der Waals surface area contributed by atoms with Gasteiger partial charge >= 0.3 is 0 Å². The fourth-order valence-corrected chi connectivity index (χ4v) is 2.85. The van der Waals surface area contributed by atoms with Gasteiger partial charge in [0.2, 0.25) is 5.91 Å². The average Bonchev–Trinajstić information content (AvgIpc) is 2.98. The van der Waals surface area contributed by atoms with Crippen LogP contribution in [0.4, 0.5) is 0 Å². The minimum Gasteiger partial charge on any atom is -0.390 e. The number of benzene rings is 1. The van der Waals surface area contributed by atoms with Gasteiger partial charge in [-0.2, -0.15) is 0 Å². The smallest absolute Gasteiger partial charge is 0.224 e. The third kappa shape index (κ3) is 1.95. The molecule has 0 aromatic heterocycles. The molecule has 2 N–H and O–H groups in total. The minimum atomic E-state index is -0.499. The van der Waals surface area contributed by atoms with Gasteiger partial charge in [-0.05, 0) is 24.0 Å². The Hall–Kier alpha value is -1.61. The van der Waals surface area contributed by atoms with E-state index in [9.17, 15) is 9.90 Å². The number of rotatable bonds is 2. The van der Waals surface area contributed by atoms with E-state index >= 15 is 0 Å². The van der Waals surface area contributed by atoms with Crippen molar-refractivity contribution in [2.24, 2.45) is 5.92 Å². The summed E-state index contributed by atoms with van der Waals surface area (Å²) in [6, 6.07) is 7.68. The molecular formula is C15H17NO2. The standard InChI is InChI=1S/C15H17NO2/c17-13-9-11-7-3-4-8-12(11)14(13)16-15(18)10-5-1-2-6-10/h1-4,7-8,10,13-14,17H,5-6,9H2,(H,16,18)/t13-,14+/m1/s1. The SMILES string of the molecule is O=C(N[C@H]1c2ccccc2C[C@H]1O)C1CC=CC1. The maximum Gasteiger partial charge on any atom is 0.224 e. The quantitative estimate of drug-likeness (QED) is 0.777. The zero-order valence-electron chi connectivity index (χ0n) is 10.2. The Kier molecular flexibility index (Phi) is 2.92. The highest BCUT2D eigenvalue weighted by Crippen LogP contribution is 2.32. The highest BCUT2D eigenvalue weighted by Gasteiger charge is 2.33. The van der Waals surface area contributed by atoms with Gasteiger partial charge in [0.25, 0.3) is 0 Å². The number of hydrogen-bond donors (Lipinski definition) is 2. The molecule has 18 heavy (non-hydrogen) atoms. The molecule has 3 heteroatoms. The number of hydrogen-bond acceptors (Lipinski definition) is 2. The van der Waals surface area contributed by atoms with Gasteiger partial charge in [-0.3, -0.25) is 4.79 Å². The molecule has 3 nitrogen and oxygen atoms in total. The van der Waals surface area contributed by atoms with Gasteiger partial charge in [-0.15, -0.1) is 0 Å². The number of carbonyl (C=O) groups is 1. The van der Waals surface area contributed by atoms with E-state index in [1.807, 2.05) is 36.4 Å². The summed E-state index contributed by atoms with van der Waals surface area (Å²) in [5, 5.41) is 13.1. The number of fused-ring (bicyclic) bond motifs is 1. The summed E-state index contributed by atoms with van der Waals surface area (Å²) in [6.45, 7) is 0. The molecular weight excluding hydrogens is 226 g/mol. The van der Waals surface area contributed by atoms with Crippen LogP contribution in [-0.4, -0.2) is 17.1 Å². The van der Waals surface area contributed by atoms with E-state index in [-0.39, 0.29) is 17.9 Å². The number of nitrogens with one attached hydrogen (secondary N) is 1. The van der Waals surface area contributed by atoms with E-state index in [2.05, 4.69) is 5.32 Å². The third-order valence-electron chi connectivity index (χ3n) is 3.88. The summed E-state index contributed by atoms with van der Waals surface area (Å²) >= 11 is 0. The molecule has 94 valence electrons.